The Kier molecular flexibility index (Phi) is 3.76. The number of allylic oxidation sites excluding steroid dienone is 1. The van der Waals surface area contributed by atoms with E-state index in [9.17, 15) is 0 Å². The van der Waals surface area contributed by atoms with Crippen molar-refractivity contribution in [2.75, 3.05) is 20.2 Å². The highest BCUT2D eigenvalue weighted by molar-refractivity contribution is 6.30. The summed E-state index contributed by atoms with van der Waals surface area (Å²) in [6, 6.07) is 2.01. The van der Waals surface area contributed by atoms with Gasteiger partial charge in [0.2, 0.25) is 0 Å². The summed E-state index contributed by atoms with van der Waals surface area (Å²) in [6.45, 7) is 2.22. The minimum absolute atomic E-state index is 0.431. The van der Waals surface area contributed by atoms with Crippen molar-refractivity contribution in [3.63, 3.8) is 0 Å². The molecule has 2 heterocycles. The van der Waals surface area contributed by atoms with Gasteiger partial charge in [0.15, 0.2) is 10.9 Å². The molecule has 1 N–H and O–H groups in total. The number of hydrogen-bond acceptors (Lipinski definition) is 3. The number of hydrogen-bond donors (Lipinski definition) is 1. The first-order valence-electron chi connectivity index (χ1n) is 6.90. The Hall–Kier alpha value is -1.06. The Morgan fingerprint density at radius 3 is 3.16 bits per heavy atom. The van der Waals surface area contributed by atoms with Gasteiger partial charge in [-0.15, -0.1) is 0 Å². The first kappa shape index (κ1) is 12.9. The molecule has 1 fully saturated rings. The lowest BCUT2D eigenvalue weighted by molar-refractivity contribution is 0.285. The van der Waals surface area contributed by atoms with E-state index in [-0.39, 0.29) is 0 Å². The third-order valence-corrected chi connectivity index (χ3v) is 4.57. The minimum Gasteiger partial charge on any atom is -0.494 e. The third kappa shape index (κ3) is 2.49. The zero-order chi connectivity index (χ0) is 13.2. The zero-order valence-corrected chi connectivity index (χ0v) is 11.9. The predicted octanol–water partition coefficient (Wildman–Crippen LogP) is 3.15. The molecule has 0 spiro atoms. The molecule has 0 aromatic carbocycles. The zero-order valence-electron chi connectivity index (χ0n) is 11.2. The fourth-order valence-electron chi connectivity index (χ4n) is 3.29. The largest absolute Gasteiger partial charge is 0.494 e. The molecule has 1 aromatic heterocycles. The summed E-state index contributed by atoms with van der Waals surface area (Å²) in [5.41, 5.74) is 2.56. The van der Waals surface area contributed by atoms with Gasteiger partial charge in [-0.05, 0) is 54.8 Å². The van der Waals surface area contributed by atoms with Gasteiger partial charge >= 0.3 is 0 Å². The number of fused-ring (bicyclic) bond motifs is 1. The van der Waals surface area contributed by atoms with Gasteiger partial charge in [-0.2, -0.15) is 0 Å². The molecule has 19 heavy (non-hydrogen) atoms. The lowest BCUT2D eigenvalue weighted by atomic mass is 9.73. The number of nitrogens with one attached hydrogen (secondary N) is 1. The van der Waals surface area contributed by atoms with Crippen LogP contribution in [0.4, 0.5) is 0 Å². The van der Waals surface area contributed by atoms with E-state index < -0.39 is 0 Å². The molecule has 1 aliphatic carbocycles. The smallest absolute Gasteiger partial charge is 0.171 e. The van der Waals surface area contributed by atoms with E-state index in [0.717, 1.165) is 24.6 Å². The molecular formula is C15H19ClN2O. The van der Waals surface area contributed by atoms with E-state index in [1.165, 1.54) is 24.8 Å². The molecular weight excluding hydrogens is 260 g/mol. The first-order valence-corrected chi connectivity index (χ1v) is 7.28. The molecule has 1 saturated heterocycles. The van der Waals surface area contributed by atoms with Crippen molar-refractivity contribution >= 4 is 17.2 Å². The van der Waals surface area contributed by atoms with E-state index in [1.807, 2.05) is 12.3 Å². The Balaban J connectivity index is 1.94. The number of halogens is 1. The van der Waals surface area contributed by atoms with Crippen LogP contribution in [0.1, 0.15) is 24.8 Å². The van der Waals surface area contributed by atoms with E-state index in [4.69, 9.17) is 16.3 Å². The van der Waals surface area contributed by atoms with E-state index >= 15 is 0 Å². The molecule has 102 valence electrons. The van der Waals surface area contributed by atoms with Crippen molar-refractivity contribution in [3.05, 3.63) is 29.1 Å². The van der Waals surface area contributed by atoms with Crippen LogP contribution in [0.2, 0.25) is 5.15 Å². The molecule has 2 unspecified atom stereocenters. The summed E-state index contributed by atoms with van der Waals surface area (Å²) in [7, 11) is 1.63. The molecule has 0 radical (unpaired) electrons. The van der Waals surface area contributed by atoms with Crippen LogP contribution < -0.4 is 10.1 Å². The number of pyridine rings is 1. The summed E-state index contributed by atoms with van der Waals surface area (Å²) in [5.74, 6) is 2.07. The third-order valence-electron chi connectivity index (χ3n) is 4.29. The number of methoxy groups -OCH3 is 1. The van der Waals surface area contributed by atoms with Crippen LogP contribution in [0.5, 0.6) is 5.75 Å². The normalized spacial score (nSPS) is 26.5. The van der Waals surface area contributed by atoms with Crippen molar-refractivity contribution in [2.45, 2.75) is 19.3 Å². The second kappa shape index (κ2) is 5.51. The Bertz CT molecular complexity index is 501. The van der Waals surface area contributed by atoms with Crippen molar-refractivity contribution in [1.82, 2.24) is 10.3 Å². The molecule has 0 amide bonds. The van der Waals surface area contributed by atoms with E-state index in [1.54, 1.807) is 7.11 Å². The molecule has 4 heteroatoms. The number of nitrogens with zero attached hydrogens (tertiary/aromatic N) is 1. The topological polar surface area (TPSA) is 34.1 Å². The quantitative estimate of drug-likeness (QED) is 0.844. The van der Waals surface area contributed by atoms with Crippen LogP contribution in [-0.4, -0.2) is 25.2 Å². The first-order chi connectivity index (χ1) is 9.29. The van der Waals surface area contributed by atoms with Gasteiger partial charge in [-0.3, -0.25) is 0 Å². The Morgan fingerprint density at radius 1 is 1.42 bits per heavy atom. The van der Waals surface area contributed by atoms with Gasteiger partial charge in [0, 0.05) is 12.7 Å². The van der Waals surface area contributed by atoms with Gasteiger partial charge in [0.1, 0.15) is 0 Å². The molecule has 2 aliphatic rings. The maximum absolute atomic E-state index is 6.00. The summed E-state index contributed by atoms with van der Waals surface area (Å²) in [6.07, 6.45) is 7.99. The fourth-order valence-corrected chi connectivity index (χ4v) is 3.47. The molecule has 1 aliphatic heterocycles. The molecule has 2 atom stereocenters. The van der Waals surface area contributed by atoms with E-state index in [2.05, 4.69) is 16.4 Å². The highest BCUT2D eigenvalue weighted by Crippen LogP contribution is 2.40. The number of piperidine rings is 1. The molecule has 0 bridgehead atoms. The summed E-state index contributed by atoms with van der Waals surface area (Å²) in [4.78, 5) is 4.24. The second-order valence-electron chi connectivity index (χ2n) is 5.31. The van der Waals surface area contributed by atoms with Gasteiger partial charge in [0.05, 0.1) is 7.11 Å². The molecule has 0 saturated carbocycles. The minimum atomic E-state index is 0.431. The molecule has 3 rings (SSSR count). The van der Waals surface area contributed by atoms with Gasteiger partial charge in [-0.25, -0.2) is 4.98 Å². The van der Waals surface area contributed by atoms with Crippen LogP contribution >= 0.6 is 11.6 Å². The van der Waals surface area contributed by atoms with Crippen molar-refractivity contribution < 1.29 is 4.74 Å². The van der Waals surface area contributed by atoms with Crippen molar-refractivity contribution in [2.24, 2.45) is 11.8 Å². The van der Waals surface area contributed by atoms with Gasteiger partial charge in [-0.1, -0.05) is 17.7 Å². The summed E-state index contributed by atoms with van der Waals surface area (Å²) < 4.78 is 5.28. The fraction of sp³-hybridized carbons (Fsp3) is 0.533. The van der Waals surface area contributed by atoms with Crippen LogP contribution in [0.3, 0.4) is 0 Å². The summed E-state index contributed by atoms with van der Waals surface area (Å²) in [5, 5.41) is 3.94. The molecule has 3 nitrogen and oxygen atoms in total. The van der Waals surface area contributed by atoms with Gasteiger partial charge in [0.25, 0.3) is 0 Å². The average Bonchev–Trinajstić information content (AvgIpc) is 2.47. The second-order valence-corrected chi connectivity index (χ2v) is 5.67. The van der Waals surface area contributed by atoms with Crippen LogP contribution in [0.25, 0.3) is 5.57 Å². The Morgan fingerprint density at radius 2 is 2.32 bits per heavy atom. The highest BCUT2D eigenvalue weighted by atomic mass is 35.5. The summed E-state index contributed by atoms with van der Waals surface area (Å²) >= 11 is 6.00. The maximum Gasteiger partial charge on any atom is 0.171 e. The number of rotatable bonds is 2. The predicted molar refractivity (Wildman–Crippen MR) is 77.5 cm³/mol. The number of aromatic nitrogens is 1. The standard InChI is InChI=1S/C15H19ClN2O/c1-19-14-7-11(8-18-15(14)16)12-4-2-3-10-5-6-17-9-13(10)12/h4,7-8,10,13,17H,2-3,5-6,9H2,1H3. The average molecular weight is 279 g/mol. The maximum atomic E-state index is 6.00. The van der Waals surface area contributed by atoms with Crippen LogP contribution in [0.15, 0.2) is 18.3 Å². The highest BCUT2D eigenvalue weighted by Gasteiger charge is 2.31. The Labute approximate surface area is 119 Å². The monoisotopic (exact) mass is 278 g/mol. The van der Waals surface area contributed by atoms with Crippen LogP contribution in [-0.2, 0) is 0 Å². The van der Waals surface area contributed by atoms with Crippen molar-refractivity contribution in [3.8, 4) is 5.75 Å². The lowest BCUT2D eigenvalue weighted by Gasteiger charge is -2.37. The number of ether oxygens (including phenoxy) is 1. The van der Waals surface area contributed by atoms with E-state index in [0.29, 0.717) is 16.8 Å². The SMILES string of the molecule is COc1cc(C2=CCCC3CCNCC23)cnc1Cl. The van der Waals surface area contributed by atoms with Crippen LogP contribution in [0, 0.1) is 11.8 Å². The molecule has 1 aromatic rings. The lowest BCUT2D eigenvalue weighted by Crippen LogP contribution is -2.38. The van der Waals surface area contributed by atoms with Crippen molar-refractivity contribution in [1.29, 1.82) is 0 Å². The van der Waals surface area contributed by atoms with Gasteiger partial charge < -0.3 is 10.1 Å².